The van der Waals surface area contributed by atoms with Gasteiger partial charge >= 0.3 is 0 Å². The molecule has 1 heterocycles. The van der Waals surface area contributed by atoms with Crippen molar-refractivity contribution in [2.45, 2.75) is 50.7 Å². The second kappa shape index (κ2) is 4.23. The summed E-state index contributed by atoms with van der Waals surface area (Å²) in [5, 5.41) is 0. The Kier molecular flexibility index (Phi) is 2.81. The average molecular weight is 249 g/mol. The summed E-state index contributed by atoms with van der Waals surface area (Å²) in [7, 11) is 0. The first kappa shape index (κ1) is 12.0. The Morgan fingerprint density at radius 1 is 1.50 bits per heavy atom. The van der Waals surface area contributed by atoms with Crippen molar-refractivity contribution in [2.75, 3.05) is 0 Å². The van der Waals surface area contributed by atoms with E-state index in [4.69, 9.17) is 10.5 Å². The van der Waals surface area contributed by atoms with Crippen LogP contribution < -0.4 is 10.5 Å². The SMILES string of the molecule is CC1CCC(N)(CC2Cc3cc(F)ccc3O2)C1. The van der Waals surface area contributed by atoms with Gasteiger partial charge in [0.1, 0.15) is 17.7 Å². The molecule has 98 valence electrons. The van der Waals surface area contributed by atoms with Gasteiger partial charge in [0.05, 0.1) is 0 Å². The van der Waals surface area contributed by atoms with Crippen LogP contribution in [0.1, 0.15) is 38.2 Å². The van der Waals surface area contributed by atoms with E-state index in [-0.39, 0.29) is 17.5 Å². The lowest BCUT2D eigenvalue weighted by molar-refractivity contribution is 0.178. The standard InChI is InChI=1S/C15H20FNO/c1-10-4-5-15(17,8-10)9-13-7-11-6-12(16)2-3-14(11)18-13/h2-3,6,10,13H,4-5,7-9,17H2,1H3. The zero-order valence-electron chi connectivity index (χ0n) is 10.8. The predicted octanol–water partition coefficient (Wildman–Crippen LogP) is 3.04. The fourth-order valence-corrected chi connectivity index (χ4v) is 3.47. The minimum Gasteiger partial charge on any atom is -0.490 e. The molecule has 0 aromatic heterocycles. The zero-order chi connectivity index (χ0) is 12.8. The summed E-state index contributed by atoms with van der Waals surface area (Å²) in [5.74, 6) is 1.36. The van der Waals surface area contributed by atoms with Crippen molar-refractivity contribution in [3.63, 3.8) is 0 Å². The molecule has 2 N–H and O–H groups in total. The van der Waals surface area contributed by atoms with Crippen LogP contribution in [0.25, 0.3) is 0 Å². The smallest absolute Gasteiger partial charge is 0.123 e. The molecule has 0 spiro atoms. The number of fused-ring (bicyclic) bond motifs is 1. The van der Waals surface area contributed by atoms with Gasteiger partial charge in [0.15, 0.2) is 0 Å². The van der Waals surface area contributed by atoms with Crippen LogP contribution in [-0.2, 0) is 6.42 Å². The van der Waals surface area contributed by atoms with Crippen molar-refractivity contribution in [3.8, 4) is 5.75 Å². The first-order chi connectivity index (χ1) is 8.54. The molecule has 1 aromatic carbocycles. The van der Waals surface area contributed by atoms with Gasteiger partial charge in [0.2, 0.25) is 0 Å². The number of hydrogen-bond acceptors (Lipinski definition) is 2. The van der Waals surface area contributed by atoms with Crippen LogP contribution in [0.3, 0.4) is 0 Å². The van der Waals surface area contributed by atoms with Gasteiger partial charge in [-0.1, -0.05) is 6.92 Å². The van der Waals surface area contributed by atoms with E-state index in [0.717, 1.165) is 42.9 Å². The zero-order valence-corrected chi connectivity index (χ0v) is 10.8. The Labute approximate surface area is 107 Å². The molecule has 1 saturated carbocycles. The summed E-state index contributed by atoms with van der Waals surface area (Å²) < 4.78 is 19.0. The maximum absolute atomic E-state index is 13.1. The van der Waals surface area contributed by atoms with E-state index in [1.54, 1.807) is 12.1 Å². The molecule has 18 heavy (non-hydrogen) atoms. The van der Waals surface area contributed by atoms with E-state index in [0.29, 0.717) is 0 Å². The van der Waals surface area contributed by atoms with Gasteiger partial charge in [-0.05, 0) is 43.4 Å². The minimum absolute atomic E-state index is 0.0787. The summed E-state index contributed by atoms with van der Waals surface area (Å²) in [6.45, 7) is 2.26. The number of benzene rings is 1. The van der Waals surface area contributed by atoms with Crippen molar-refractivity contribution in [3.05, 3.63) is 29.6 Å². The van der Waals surface area contributed by atoms with Crippen molar-refractivity contribution < 1.29 is 9.13 Å². The van der Waals surface area contributed by atoms with Crippen LogP contribution in [0, 0.1) is 11.7 Å². The second-order valence-corrected chi connectivity index (χ2v) is 6.11. The quantitative estimate of drug-likeness (QED) is 0.874. The molecule has 0 bridgehead atoms. The van der Waals surface area contributed by atoms with Crippen LogP contribution >= 0.6 is 0 Å². The molecule has 1 fully saturated rings. The molecule has 1 aliphatic carbocycles. The Hall–Kier alpha value is -1.09. The van der Waals surface area contributed by atoms with Gasteiger partial charge in [0.25, 0.3) is 0 Å². The molecule has 3 atom stereocenters. The van der Waals surface area contributed by atoms with Crippen LogP contribution in [0.4, 0.5) is 4.39 Å². The normalized spacial score (nSPS) is 34.4. The Bertz CT molecular complexity index is 462. The summed E-state index contributed by atoms with van der Waals surface area (Å²) in [6, 6.07) is 4.76. The Morgan fingerprint density at radius 2 is 2.33 bits per heavy atom. The Balaban J connectivity index is 1.68. The van der Waals surface area contributed by atoms with Gasteiger partial charge in [-0.15, -0.1) is 0 Å². The highest BCUT2D eigenvalue weighted by Gasteiger charge is 2.38. The molecular formula is C15H20FNO. The predicted molar refractivity (Wildman–Crippen MR) is 69.1 cm³/mol. The molecule has 3 heteroatoms. The number of nitrogens with two attached hydrogens (primary N) is 1. The van der Waals surface area contributed by atoms with Crippen molar-refractivity contribution >= 4 is 0 Å². The van der Waals surface area contributed by atoms with Gasteiger partial charge in [-0.25, -0.2) is 4.39 Å². The molecule has 2 aliphatic rings. The van der Waals surface area contributed by atoms with Crippen LogP contribution in [0.2, 0.25) is 0 Å². The maximum Gasteiger partial charge on any atom is 0.123 e. The van der Waals surface area contributed by atoms with Gasteiger partial charge in [0, 0.05) is 23.9 Å². The molecule has 1 aromatic rings. The highest BCUT2D eigenvalue weighted by molar-refractivity contribution is 5.38. The van der Waals surface area contributed by atoms with E-state index in [2.05, 4.69) is 6.92 Å². The first-order valence-corrected chi connectivity index (χ1v) is 6.78. The van der Waals surface area contributed by atoms with Crippen LogP contribution in [0.5, 0.6) is 5.75 Å². The lowest BCUT2D eigenvalue weighted by atomic mass is 9.89. The van der Waals surface area contributed by atoms with E-state index in [1.165, 1.54) is 12.5 Å². The van der Waals surface area contributed by atoms with Crippen molar-refractivity contribution in [1.29, 1.82) is 0 Å². The fraction of sp³-hybridized carbons (Fsp3) is 0.600. The third-order valence-corrected chi connectivity index (χ3v) is 4.29. The molecule has 2 nitrogen and oxygen atoms in total. The lowest BCUT2D eigenvalue weighted by Gasteiger charge is -2.27. The topological polar surface area (TPSA) is 35.2 Å². The van der Waals surface area contributed by atoms with Gasteiger partial charge < -0.3 is 10.5 Å². The number of ether oxygens (including phenoxy) is 1. The minimum atomic E-state index is -0.185. The number of rotatable bonds is 2. The molecule has 0 saturated heterocycles. The van der Waals surface area contributed by atoms with E-state index < -0.39 is 0 Å². The molecular weight excluding hydrogens is 229 g/mol. The summed E-state index contributed by atoms with van der Waals surface area (Å²) in [5.41, 5.74) is 7.34. The third-order valence-electron chi connectivity index (χ3n) is 4.29. The number of hydrogen-bond donors (Lipinski definition) is 1. The molecule has 3 unspecified atom stereocenters. The molecule has 0 amide bonds. The van der Waals surface area contributed by atoms with Crippen molar-refractivity contribution in [2.24, 2.45) is 11.7 Å². The van der Waals surface area contributed by atoms with Crippen LogP contribution in [-0.4, -0.2) is 11.6 Å². The Morgan fingerprint density at radius 3 is 3.06 bits per heavy atom. The third kappa shape index (κ3) is 2.24. The largest absolute Gasteiger partial charge is 0.490 e. The van der Waals surface area contributed by atoms with Crippen molar-refractivity contribution in [1.82, 2.24) is 0 Å². The molecule has 0 radical (unpaired) electrons. The second-order valence-electron chi connectivity index (χ2n) is 6.11. The highest BCUT2D eigenvalue weighted by Crippen LogP contribution is 2.39. The summed E-state index contributed by atoms with van der Waals surface area (Å²) in [6.07, 6.45) is 5.17. The lowest BCUT2D eigenvalue weighted by Crippen LogP contribution is -2.41. The maximum atomic E-state index is 13.1. The average Bonchev–Trinajstić information content (AvgIpc) is 2.81. The van der Waals surface area contributed by atoms with Gasteiger partial charge in [-0.3, -0.25) is 0 Å². The number of halogens is 1. The van der Waals surface area contributed by atoms with Gasteiger partial charge in [-0.2, -0.15) is 0 Å². The fourth-order valence-electron chi connectivity index (χ4n) is 3.47. The first-order valence-electron chi connectivity index (χ1n) is 6.78. The summed E-state index contributed by atoms with van der Waals surface area (Å²) >= 11 is 0. The monoisotopic (exact) mass is 249 g/mol. The molecule has 3 rings (SSSR count). The van der Waals surface area contributed by atoms with E-state index >= 15 is 0 Å². The van der Waals surface area contributed by atoms with E-state index in [1.807, 2.05) is 0 Å². The van der Waals surface area contributed by atoms with Crippen LogP contribution in [0.15, 0.2) is 18.2 Å². The van der Waals surface area contributed by atoms with E-state index in [9.17, 15) is 4.39 Å². The summed E-state index contributed by atoms with van der Waals surface area (Å²) in [4.78, 5) is 0. The molecule has 1 aliphatic heterocycles. The highest BCUT2D eigenvalue weighted by atomic mass is 19.1.